The number of hydrogen-bond acceptors (Lipinski definition) is 1. The van der Waals surface area contributed by atoms with Crippen LogP contribution in [0.15, 0.2) is 30.3 Å². The van der Waals surface area contributed by atoms with Crippen LogP contribution in [-0.2, 0) is 5.11 Å². The van der Waals surface area contributed by atoms with Gasteiger partial charge in [0, 0.05) is 0 Å². The van der Waals surface area contributed by atoms with Crippen LogP contribution in [0.1, 0.15) is 0 Å². The van der Waals surface area contributed by atoms with Crippen molar-refractivity contribution >= 4 is 15.9 Å². The third-order valence-corrected chi connectivity index (χ3v) is 1.39. The quantitative estimate of drug-likeness (QED) is 0.712. The largest absolute Gasteiger partial charge is 0.490 e. The maximum Gasteiger partial charge on any atom is 0.181 e. The van der Waals surface area contributed by atoms with Gasteiger partial charge < -0.3 is 4.74 Å². The number of rotatable bonds is 3. The zero-order chi connectivity index (χ0) is 8.10. The van der Waals surface area contributed by atoms with Gasteiger partial charge in [-0.25, -0.2) is 5.11 Å². The second kappa shape index (κ2) is 4.36. The minimum absolute atomic E-state index is 0.157. The molecule has 0 aromatic heterocycles. The summed E-state index contributed by atoms with van der Waals surface area (Å²) in [5.74, 6) is 0.729. The van der Waals surface area contributed by atoms with E-state index in [0.29, 0.717) is 0 Å². The van der Waals surface area contributed by atoms with Crippen LogP contribution in [0.4, 0.5) is 0 Å². The Balaban J connectivity index is 2.39. The maximum atomic E-state index is 10.5. The summed E-state index contributed by atoms with van der Waals surface area (Å²) < 4.78 is 5.11. The van der Waals surface area contributed by atoms with E-state index in [4.69, 9.17) is 4.74 Å². The zero-order valence-electron chi connectivity index (χ0n) is 5.87. The van der Waals surface area contributed by atoms with Crippen LogP contribution in [0.3, 0.4) is 0 Å². The van der Waals surface area contributed by atoms with Crippen LogP contribution in [-0.4, -0.2) is 11.6 Å². The van der Waals surface area contributed by atoms with Gasteiger partial charge in [-0.1, -0.05) is 34.1 Å². The Morgan fingerprint density at radius 2 is 2.00 bits per heavy atom. The fourth-order valence-electron chi connectivity index (χ4n) is 0.678. The molecule has 0 heterocycles. The average molecular weight is 216 g/mol. The van der Waals surface area contributed by atoms with Crippen molar-refractivity contribution < 1.29 is 9.84 Å². The Labute approximate surface area is 73.9 Å². The van der Waals surface area contributed by atoms with Crippen molar-refractivity contribution in [3.05, 3.63) is 30.3 Å². The Hall–Kier alpha value is -0.540. The number of para-hydroxylation sites is 1. The van der Waals surface area contributed by atoms with E-state index < -0.39 is 5.01 Å². The van der Waals surface area contributed by atoms with Gasteiger partial charge in [0.05, 0.1) is 0 Å². The summed E-state index contributed by atoms with van der Waals surface area (Å²) in [7, 11) is 0. The van der Waals surface area contributed by atoms with Gasteiger partial charge in [0.15, 0.2) is 5.01 Å². The first kappa shape index (κ1) is 8.56. The molecule has 0 bridgehead atoms. The van der Waals surface area contributed by atoms with Crippen LogP contribution >= 0.6 is 15.9 Å². The minimum Gasteiger partial charge on any atom is -0.490 e. The Kier molecular flexibility index (Phi) is 3.39. The lowest BCUT2D eigenvalue weighted by Crippen LogP contribution is -2.07. The molecule has 2 nitrogen and oxygen atoms in total. The molecule has 1 rings (SSSR count). The first-order chi connectivity index (χ1) is 5.29. The Bertz CT molecular complexity index is 199. The molecule has 0 aliphatic carbocycles. The number of benzene rings is 1. The lowest BCUT2D eigenvalue weighted by atomic mass is 10.3. The van der Waals surface area contributed by atoms with E-state index >= 15 is 0 Å². The highest BCUT2D eigenvalue weighted by Crippen LogP contribution is 2.09. The molecular formula is C8H8BrO2. The molecule has 0 saturated carbocycles. The third-order valence-electron chi connectivity index (χ3n) is 1.12. The molecule has 0 aliphatic heterocycles. The minimum atomic E-state index is -0.845. The predicted octanol–water partition coefficient (Wildman–Crippen LogP) is 2.22. The molecule has 1 atom stereocenters. The van der Waals surface area contributed by atoms with Crippen LogP contribution in [0.25, 0.3) is 0 Å². The first-order valence-electron chi connectivity index (χ1n) is 3.27. The van der Waals surface area contributed by atoms with Crippen LogP contribution < -0.4 is 4.74 Å². The topological polar surface area (TPSA) is 29.1 Å². The van der Waals surface area contributed by atoms with Gasteiger partial charge in [0.2, 0.25) is 0 Å². The molecule has 59 valence electrons. The second-order valence-electron chi connectivity index (χ2n) is 2.03. The van der Waals surface area contributed by atoms with Gasteiger partial charge in [-0.15, -0.1) is 0 Å². The summed E-state index contributed by atoms with van der Waals surface area (Å²) in [6.07, 6.45) is 0. The number of alkyl halides is 1. The molecule has 0 amide bonds. The average Bonchev–Trinajstić information content (AvgIpc) is 2.03. The monoisotopic (exact) mass is 215 g/mol. The van der Waals surface area contributed by atoms with Crippen LogP contribution in [0.5, 0.6) is 5.75 Å². The number of hydrogen-bond donors (Lipinski definition) is 0. The van der Waals surface area contributed by atoms with Crippen molar-refractivity contribution in [1.82, 2.24) is 0 Å². The van der Waals surface area contributed by atoms with E-state index in [2.05, 4.69) is 15.9 Å². The van der Waals surface area contributed by atoms with Crippen LogP contribution in [0.2, 0.25) is 0 Å². The maximum absolute atomic E-state index is 10.5. The molecule has 0 N–H and O–H groups in total. The summed E-state index contributed by atoms with van der Waals surface area (Å²) in [5, 5.41) is 9.65. The van der Waals surface area contributed by atoms with Gasteiger partial charge in [-0.3, -0.25) is 0 Å². The SMILES string of the molecule is [O]C(Br)COc1ccccc1. The fraction of sp³-hybridized carbons (Fsp3) is 0.250. The predicted molar refractivity (Wildman–Crippen MR) is 45.3 cm³/mol. The Morgan fingerprint density at radius 1 is 1.36 bits per heavy atom. The van der Waals surface area contributed by atoms with Gasteiger partial charge >= 0.3 is 0 Å². The van der Waals surface area contributed by atoms with Crippen molar-refractivity contribution in [2.45, 2.75) is 5.01 Å². The normalized spacial score (nSPS) is 12.5. The highest BCUT2D eigenvalue weighted by molar-refractivity contribution is 9.09. The van der Waals surface area contributed by atoms with Crippen molar-refractivity contribution in [3.63, 3.8) is 0 Å². The zero-order valence-corrected chi connectivity index (χ0v) is 7.45. The molecule has 0 aliphatic rings. The fourth-order valence-corrected chi connectivity index (χ4v) is 0.811. The molecule has 0 spiro atoms. The molecule has 0 fully saturated rings. The van der Waals surface area contributed by atoms with Gasteiger partial charge in [0.25, 0.3) is 0 Å². The summed E-state index contributed by atoms with van der Waals surface area (Å²) in [6, 6.07) is 9.26. The number of ether oxygens (including phenoxy) is 1. The van der Waals surface area contributed by atoms with E-state index in [1.54, 1.807) is 0 Å². The standard InChI is InChI=1S/C8H8BrO2/c9-8(10)6-11-7-4-2-1-3-5-7/h1-5,8H,6H2. The molecule has 1 unspecified atom stereocenters. The molecular weight excluding hydrogens is 208 g/mol. The van der Waals surface area contributed by atoms with Gasteiger partial charge in [-0.05, 0) is 12.1 Å². The van der Waals surface area contributed by atoms with Gasteiger partial charge in [0.1, 0.15) is 12.4 Å². The summed E-state index contributed by atoms with van der Waals surface area (Å²) in [6.45, 7) is 0.157. The van der Waals surface area contributed by atoms with E-state index in [-0.39, 0.29) is 6.61 Å². The first-order valence-corrected chi connectivity index (χ1v) is 4.18. The Morgan fingerprint density at radius 3 is 2.55 bits per heavy atom. The summed E-state index contributed by atoms with van der Waals surface area (Å²) in [5.41, 5.74) is 0. The molecule has 0 saturated heterocycles. The molecule has 1 aromatic carbocycles. The highest BCUT2D eigenvalue weighted by Gasteiger charge is 1.99. The van der Waals surface area contributed by atoms with Gasteiger partial charge in [-0.2, -0.15) is 0 Å². The van der Waals surface area contributed by atoms with Crippen molar-refractivity contribution in [3.8, 4) is 5.75 Å². The molecule has 3 heteroatoms. The third kappa shape index (κ3) is 3.39. The second-order valence-corrected chi connectivity index (χ2v) is 3.06. The van der Waals surface area contributed by atoms with E-state index in [9.17, 15) is 5.11 Å². The van der Waals surface area contributed by atoms with E-state index in [0.717, 1.165) is 5.75 Å². The summed E-state index contributed by atoms with van der Waals surface area (Å²) >= 11 is 2.85. The highest BCUT2D eigenvalue weighted by atomic mass is 79.9. The molecule has 1 radical (unpaired) electrons. The van der Waals surface area contributed by atoms with E-state index in [1.165, 1.54) is 0 Å². The molecule has 11 heavy (non-hydrogen) atoms. The van der Waals surface area contributed by atoms with Crippen molar-refractivity contribution in [1.29, 1.82) is 0 Å². The molecule has 1 aromatic rings. The lowest BCUT2D eigenvalue weighted by molar-refractivity contribution is 0.115. The lowest BCUT2D eigenvalue weighted by Gasteiger charge is -2.04. The van der Waals surface area contributed by atoms with Crippen molar-refractivity contribution in [2.24, 2.45) is 0 Å². The number of halogens is 1. The summed E-state index contributed by atoms with van der Waals surface area (Å²) in [4.78, 5) is 0. The van der Waals surface area contributed by atoms with E-state index in [1.807, 2.05) is 30.3 Å². The van der Waals surface area contributed by atoms with Crippen molar-refractivity contribution in [2.75, 3.05) is 6.61 Å². The van der Waals surface area contributed by atoms with Crippen LogP contribution in [0, 0.1) is 0 Å². The smallest absolute Gasteiger partial charge is 0.181 e.